The van der Waals surface area contributed by atoms with E-state index in [4.69, 9.17) is 9.90 Å². The summed E-state index contributed by atoms with van der Waals surface area (Å²) in [6.07, 6.45) is -2.68. The second-order valence-corrected chi connectivity index (χ2v) is 9.43. The first kappa shape index (κ1) is 27.1. The first-order chi connectivity index (χ1) is 15.7. The number of sulfonamides is 1. The van der Waals surface area contributed by atoms with Crippen LogP contribution in [-0.4, -0.2) is 37.6 Å². The molecule has 1 saturated carbocycles. The van der Waals surface area contributed by atoms with E-state index in [0.717, 1.165) is 30.9 Å². The van der Waals surface area contributed by atoms with Crippen LogP contribution in [0.15, 0.2) is 53.4 Å². The highest BCUT2D eigenvalue weighted by Crippen LogP contribution is 2.48. The number of carboxylic acids is 1. The van der Waals surface area contributed by atoms with Crippen molar-refractivity contribution in [3.05, 3.63) is 59.9 Å². The molecule has 1 aliphatic rings. The van der Waals surface area contributed by atoms with E-state index in [2.05, 4.69) is 10.0 Å². The number of benzene rings is 2. The van der Waals surface area contributed by atoms with Crippen LogP contribution in [0.4, 0.5) is 23.2 Å². The normalized spacial score (nSPS) is 15.4. The molecule has 34 heavy (non-hydrogen) atoms. The molecular weight excluding hydrogens is 480 g/mol. The number of carbonyl (C=O) groups excluding carboxylic acids is 1. The number of amides is 1. The number of carbonyl (C=O) groups is 2. The van der Waals surface area contributed by atoms with Gasteiger partial charge in [0, 0.05) is 11.7 Å². The van der Waals surface area contributed by atoms with Crippen molar-refractivity contribution in [1.29, 1.82) is 0 Å². The summed E-state index contributed by atoms with van der Waals surface area (Å²) in [5.41, 5.74) is 0.657. The number of nitrogens with one attached hydrogen (secondary N) is 2. The van der Waals surface area contributed by atoms with Gasteiger partial charge in [-0.2, -0.15) is 13.2 Å². The standard InChI is InChI=1S/C20H23FN2O3S.C2HF3O2/c1-3-14(2)22-19(24)20(12-13-20)15-8-10-16(11-9-15)23-27(25,26)18-7-5-4-6-17(18)21;3-2(4,5)1(6)7/h4-11,14,23H,3,12-13H2,1-2H3,(H,22,24);(H,6,7). The summed E-state index contributed by atoms with van der Waals surface area (Å²) in [7, 11) is -4.02. The Labute approximate surface area is 194 Å². The van der Waals surface area contributed by atoms with E-state index in [1.54, 1.807) is 24.3 Å². The van der Waals surface area contributed by atoms with Crippen LogP contribution in [0.3, 0.4) is 0 Å². The van der Waals surface area contributed by atoms with Crippen LogP contribution in [0, 0.1) is 5.82 Å². The fourth-order valence-electron chi connectivity index (χ4n) is 2.97. The maximum Gasteiger partial charge on any atom is 0.490 e. The predicted molar refractivity (Wildman–Crippen MR) is 116 cm³/mol. The van der Waals surface area contributed by atoms with Gasteiger partial charge in [0.2, 0.25) is 5.91 Å². The summed E-state index contributed by atoms with van der Waals surface area (Å²) in [4.78, 5) is 21.1. The zero-order chi connectivity index (χ0) is 25.7. The Kier molecular flexibility index (Phi) is 8.30. The summed E-state index contributed by atoms with van der Waals surface area (Å²) in [6, 6.07) is 12.0. The van der Waals surface area contributed by atoms with E-state index in [1.165, 1.54) is 18.2 Å². The van der Waals surface area contributed by atoms with Crippen LogP contribution in [-0.2, 0) is 25.0 Å². The fraction of sp³-hybridized carbons (Fsp3) is 0.364. The van der Waals surface area contributed by atoms with Gasteiger partial charge in [-0.25, -0.2) is 17.6 Å². The van der Waals surface area contributed by atoms with Crippen LogP contribution in [0.1, 0.15) is 38.7 Å². The van der Waals surface area contributed by atoms with Crippen molar-refractivity contribution in [3.8, 4) is 0 Å². The molecule has 3 N–H and O–H groups in total. The van der Waals surface area contributed by atoms with E-state index in [-0.39, 0.29) is 11.9 Å². The topological polar surface area (TPSA) is 113 Å². The van der Waals surface area contributed by atoms with Crippen LogP contribution >= 0.6 is 0 Å². The highest BCUT2D eigenvalue weighted by atomic mass is 32.2. The first-order valence-corrected chi connectivity index (χ1v) is 11.7. The van der Waals surface area contributed by atoms with Gasteiger partial charge in [0.1, 0.15) is 10.7 Å². The van der Waals surface area contributed by atoms with Crippen LogP contribution in [0.25, 0.3) is 0 Å². The molecule has 2 aromatic rings. The molecule has 0 saturated heterocycles. The molecule has 1 fully saturated rings. The summed E-state index contributed by atoms with van der Waals surface area (Å²) in [5, 5.41) is 10.1. The molecule has 1 amide bonds. The Hall–Kier alpha value is -3.15. The molecule has 0 heterocycles. The van der Waals surface area contributed by atoms with E-state index >= 15 is 0 Å². The number of aliphatic carboxylic acids is 1. The van der Waals surface area contributed by atoms with Crippen molar-refractivity contribution in [3.63, 3.8) is 0 Å². The Balaban J connectivity index is 0.000000509. The molecule has 3 rings (SSSR count). The summed E-state index contributed by atoms with van der Waals surface area (Å²) in [6.45, 7) is 3.98. The molecule has 186 valence electrons. The largest absolute Gasteiger partial charge is 0.490 e. The molecule has 1 unspecified atom stereocenters. The Morgan fingerprint density at radius 1 is 1.09 bits per heavy atom. The molecule has 1 aliphatic carbocycles. The van der Waals surface area contributed by atoms with Gasteiger partial charge in [-0.1, -0.05) is 31.2 Å². The van der Waals surface area contributed by atoms with E-state index in [1.807, 2.05) is 13.8 Å². The number of rotatable bonds is 7. The maximum atomic E-state index is 13.8. The highest BCUT2D eigenvalue weighted by Gasteiger charge is 2.51. The molecule has 0 spiro atoms. The lowest BCUT2D eigenvalue weighted by Gasteiger charge is -2.19. The maximum absolute atomic E-state index is 13.8. The lowest BCUT2D eigenvalue weighted by Crippen LogP contribution is -2.39. The van der Waals surface area contributed by atoms with Crippen LogP contribution in [0.2, 0.25) is 0 Å². The third kappa shape index (κ3) is 6.69. The lowest BCUT2D eigenvalue weighted by atomic mass is 9.94. The Morgan fingerprint density at radius 2 is 1.62 bits per heavy atom. The SMILES string of the molecule is CCC(C)NC(=O)C1(c2ccc(NS(=O)(=O)c3ccccc3F)cc2)CC1.O=C(O)C(F)(F)F. The quantitative estimate of drug-likeness (QED) is 0.489. The fourth-order valence-corrected chi connectivity index (χ4v) is 4.10. The van der Waals surface area contributed by atoms with Crippen LogP contribution < -0.4 is 10.0 Å². The minimum Gasteiger partial charge on any atom is -0.475 e. The third-order valence-corrected chi connectivity index (χ3v) is 6.65. The number of hydrogen-bond donors (Lipinski definition) is 3. The van der Waals surface area contributed by atoms with Gasteiger partial charge in [0.05, 0.1) is 5.41 Å². The smallest absolute Gasteiger partial charge is 0.475 e. The zero-order valence-corrected chi connectivity index (χ0v) is 19.1. The zero-order valence-electron chi connectivity index (χ0n) is 18.3. The molecule has 0 aromatic heterocycles. The molecule has 12 heteroatoms. The van der Waals surface area contributed by atoms with E-state index in [0.29, 0.717) is 5.69 Å². The predicted octanol–water partition coefficient (Wildman–Crippen LogP) is 4.21. The average Bonchev–Trinajstić information content (AvgIpc) is 3.56. The van der Waals surface area contributed by atoms with Gasteiger partial charge in [0.25, 0.3) is 10.0 Å². The summed E-state index contributed by atoms with van der Waals surface area (Å²) >= 11 is 0. The van der Waals surface area contributed by atoms with Crippen molar-refractivity contribution in [1.82, 2.24) is 5.32 Å². The van der Waals surface area contributed by atoms with E-state index < -0.39 is 38.3 Å². The Morgan fingerprint density at radius 3 is 2.06 bits per heavy atom. The lowest BCUT2D eigenvalue weighted by molar-refractivity contribution is -0.192. The van der Waals surface area contributed by atoms with Gasteiger partial charge in [-0.15, -0.1) is 0 Å². The molecular formula is C22H24F4N2O5S. The van der Waals surface area contributed by atoms with Gasteiger partial charge in [0.15, 0.2) is 0 Å². The van der Waals surface area contributed by atoms with Gasteiger partial charge >= 0.3 is 12.1 Å². The molecule has 1 atom stereocenters. The van der Waals surface area contributed by atoms with Crippen molar-refractivity contribution in [2.75, 3.05) is 4.72 Å². The van der Waals surface area contributed by atoms with E-state index in [9.17, 15) is 30.8 Å². The number of alkyl halides is 3. The number of anilines is 1. The van der Waals surface area contributed by atoms with Crippen LogP contribution in [0.5, 0.6) is 0 Å². The minimum atomic E-state index is -5.08. The third-order valence-electron chi connectivity index (χ3n) is 5.23. The minimum absolute atomic E-state index is 0.0107. The molecule has 0 radical (unpaired) electrons. The Bertz CT molecular complexity index is 1130. The summed E-state index contributed by atoms with van der Waals surface area (Å²) < 4.78 is 72.6. The number of halogens is 4. The average molecular weight is 505 g/mol. The van der Waals surface area contributed by atoms with Crippen molar-refractivity contribution in [2.45, 2.75) is 55.6 Å². The second-order valence-electron chi connectivity index (χ2n) is 7.78. The van der Waals surface area contributed by atoms with Gasteiger partial charge < -0.3 is 10.4 Å². The van der Waals surface area contributed by atoms with Crippen molar-refractivity contribution in [2.24, 2.45) is 0 Å². The second kappa shape index (κ2) is 10.4. The monoisotopic (exact) mass is 504 g/mol. The number of carboxylic acid groups (broad SMARTS) is 1. The van der Waals surface area contributed by atoms with Crippen molar-refractivity contribution >= 4 is 27.6 Å². The van der Waals surface area contributed by atoms with Gasteiger partial charge in [-0.3, -0.25) is 9.52 Å². The highest BCUT2D eigenvalue weighted by molar-refractivity contribution is 7.92. The van der Waals surface area contributed by atoms with Gasteiger partial charge in [-0.05, 0) is 56.0 Å². The molecule has 0 bridgehead atoms. The molecule has 7 nitrogen and oxygen atoms in total. The molecule has 0 aliphatic heterocycles. The molecule has 2 aromatic carbocycles. The first-order valence-electron chi connectivity index (χ1n) is 10.2. The van der Waals surface area contributed by atoms with Crippen molar-refractivity contribution < 1.29 is 40.7 Å². The number of hydrogen-bond acceptors (Lipinski definition) is 4. The summed E-state index contributed by atoms with van der Waals surface area (Å²) in [5.74, 6) is -3.55.